The Hall–Kier alpha value is -3.61. The molecule has 2 bridgehead atoms. The van der Waals surface area contributed by atoms with Gasteiger partial charge in [-0.2, -0.15) is 0 Å². The average Bonchev–Trinajstić information content (AvgIpc) is 3.44. The van der Waals surface area contributed by atoms with Crippen LogP contribution in [-0.4, -0.2) is 31.9 Å². The summed E-state index contributed by atoms with van der Waals surface area (Å²) in [5, 5.41) is 2.82. The fourth-order valence-corrected chi connectivity index (χ4v) is 5.41. The molecule has 3 amide bonds. The number of allylic oxidation sites excluding steroid dienone is 2. The molecular formula is C25H24N2O5. The van der Waals surface area contributed by atoms with Crippen molar-refractivity contribution in [1.82, 2.24) is 0 Å². The predicted octanol–water partition coefficient (Wildman–Crippen LogP) is 3.66. The molecule has 0 spiro atoms. The third-order valence-electron chi connectivity index (χ3n) is 6.90. The number of hydrogen-bond acceptors (Lipinski definition) is 5. The van der Waals surface area contributed by atoms with Gasteiger partial charge in [-0.3, -0.25) is 14.4 Å². The van der Waals surface area contributed by atoms with Gasteiger partial charge in [0.05, 0.1) is 37.4 Å². The van der Waals surface area contributed by atoms with E-state index >= 15 is 0 Å². The predicted molar refractivity (Wildman–Crippen MR) is 119 cm³/mol. The number of benzene rings is 2. The molecule has 32 heavy (non-hydrogen) atoms. The van der Waals surface area contributed by atoms with E-state index in [1.165, 1.54) is 17.6 Å². The van der Waals surface area contributed by atoms with E-state index in [-0.39, 0.29) is 41.4 Å². The highest BCUT2D eigenvalue weighted by atomic mass is 16.5. The van der Waals surface area contributed by atoms with Crippen molar-refractivity contribution < 1.29 is 23.9 Å². The smallest absolute Gasteiger partial charge is 0.255 e. The van der Waals surface area contributed by atoms with E-state index in [0.717, 1.165) is 6.42 Å². The van der Waals surface area contributed by atoms with E-state index in [0.29, 0.717) is 28.4 Å². The van der Waals surface area contributed by atoms with Crippen LogP contribution < -0.4 is 19.7 Å². The molecule has 7 heteroatoms. The van der Waals surface area contributed by atoms with E-state index in [4.69, 9.17) is 9.47 Å². The van der Waals surface area contributed by atoms with E-state index in [9.17, 15) is 14.4 Å². The lowest BCUT2D eigenvalue weighted by Gasteiger charge is -2.19. The number of hydrogen-bond donors (Lipinski definition) is 1. The topological polar surface area (TPSA) is 84.9 Å². The number of amides is 3. The highest BCUT2D eigenvalue weighted by Gasteiger charge is 2.60. The van der Waals surface area contributed by atoms with Crippen molar-refractivity contribution in [1.29, 1.82) is 0 Å². The maximum absolute atomic E-state index is 13.2. The summed E-state index contributed by atoms with van der Waals surface area (Å²) in [7, 11) is 3.06. The van der Waals surface area contributed by atoms with Gasteiger partial charge < -0.3 is 14.8 Å². The van der Waals surface area contributed by atoms with Crippen LogP contribution in [0.4, 0.5) is 11.4 Å². The van der Waals surface area contributed by atoms with Crippen LogP contribution in [0.1, 0.15) is 23.7 Å². The monoisotopic (exact) mass is 432 g/mol. The van der Waals surface area contributed by atoms with Gasteiger partial charge in [0.1, 0.15) is 11.5 Å². The van der Waals surface area contributed by atoms with Gasteiger partial charge in [-0.25, -0.2) is 4.90 Å². The van der Waals surface area contributed by atoms with Gasteiger partial charge in [-0.15, -0.1) is 0 Å². The molecule has 5 rings (SSSR count). The largest absolute Gasteiger partial charge is 0.497 e. The Kier molecular flexibility index (Phi) is 4.77. The quantitative estimate of drug-likeness (QED) is 0.576. The zero-order chi connectivity index (χ0) is 22.6. The van der Waals surface area contributed by atoms with Crippen LogP contribution >= 0.6 is 0 Å². The van der Waals surface area contributed by atoms with Crippen LogP contribution in [0.15, 0.2) is 54.1 Å². The first-order chi connectivity index (χ1) is 15.4. The van der Waals surface area contributed by atoms with E-state index < -0.39 is 0 Å². The Bertz CT molecular complexity index is 1170. The van der Waals surface area contributed by atoms with E-state index in [1.54, 1.807) is 49.6 Å². The Morgan fingerprint density at radius 3 is 2.56 bits per heavy atom. The second kappa shape index (κ2) is 7.51. The molecule has 3 aliphatic rings. The number of carbonyl (C=O) groups is 3. The Morgan fingerprint density at radius 2 is 1.81 bits per heavy atom. The Labute approximate surface area is 186 Å². The van der Waals surface area contributed by atoms with Crippen molar-refractivity contribution in [3.63, 3.8) is 0 Å². The van der Waals surface area contributed by atoms with Gasteiger partial charge in [0.25, 0.3) is 5.91 Å². The lowest BCUT2D eigenvalue weighted by molar-refractivity contribution is -0.123. The number of nitrogens with one attached hydrogen (secondary N) is 1. The first-order valence-corrected chi connectivity index (χ1v) is 10.6. The van der Waals surface area contributed by atoms with Crippen LogP contribution in [0.25, 0.3) is 0 Å². The Balaban J connectivity index is 1.39. The number of carbonyl (C=O) groups excluding carboxylic acids is 3. The SMILES string of the molecule is COc1ccc(NC(=O)c2cccc(N3C(=O)[C@@H]4[C@H](C3=O)[C@@H]3C[C@@H]4C=C3C)c2)c(OC)c1. The minimum atomic E-state index is -0.368. The van der Waals surface area contributed by atoms with Crippen LogP contribution in [0, 0.1) is 23.7 Å². The van der Waals surface area contributed by atoms with E-state index in [2.05, 4.69) is 11.4 Å². The molecule has 2 aromatic rings. The summed E-state index contributed by atoms with van der Waals surface area (Å²) >= 11 is 0. The van der Waals surface area contributed by atoms with Crippen molar-refractivity contribution in [3.8, 4) is 11.5 Å². The molecule has 1 N–H and O–H groups in total. The number of fused-ring (bicyclic) bond motifs is 5. The fourth-order valence-electron chi connectivity index (χ4n) is 5.41. The molecule has 1 saturated heterocycles. The molecule has 2 aliphatic carbocycles. The minimum absolute atomic E-state index is 0.139. The van der Waals surface area contributed by atoms with Crippen molar-refractivity contribution >= 4 is 29.1 Å². The summed E-state index contributed by atoms with van der Waals surface area (Å²) in [6.07, 6.45) is 3.03. The van der Waals surface area contributed by atoms with Gasteiger partial charge in [0.2, 0.25) is 11.8 Å². The first kappa shape index (κ1) is 20.3. The van der Waals surface area contributed by atoms with Gasteiger partial charge in [-0.05, 0) is 55.5 Å². The lowest BCUT2D eigenvalue weighted by atomic mass is 9.82. The third-order valence-corrected chi connectivity index (χ3v) is 6.90. The molecule has 2 aromatic carbocycles. The number of anilines is 2. The summed E-state index contributed by atoms with van der Waals surface area (Å²) in [5.74, 6) is 0.117. The van der Waals surface area contributed by atoms with Crippen molar-refractivity contribution in [3.05, 3.63) is 59.7 Å². The third kappa shape index (κ3) is 2.99. The summed E-state index contributed by atoms with van der Waals surface area (Å²) in [6.45, 7) is 2.04. The van der Waals surface area contributed by atoms with E-state index in [1.807, 2.05) is 6.92 Å². The summed E-state index contributed by atoms with van der Waals surface area (Å²) in [6, 6.07) is 11.7. The molecule has 1 saturated carbocycles. The number of ether oxygens (including phenoxy) is 2. The average molecular weight is 432 g/mol. The molecule has 1 heterocycles. The maximum atomic E-state index is 13.2. The minimum Gasteiger partial charge on any atom is -0.497 e. The van der Waals surface area contributed by atoms with Crippen molar-refractivity contribution in [2.45, 2.75) is 13.3 Å². The number of rotatable bonds is 5. The summed E-state index contributed by atoms with van der Waals surface area (Å²) < 4.78 is 10.5. The van der Waals surface area contributed by atoms with Gasteiger partial charge >= 0.3 is 0 Å². The van der Waals surface area contributed by atoms with Crippen molar-refractivity contribution in [2.24, 2.45) is 23.7 Å². The molecule has 1 aliphatic heterocycles. The Morgan fingerprint density at radius 1 is 1.03 bits per heavy atom. The molecule has 0 radical (unpaired) electrons. The number of nitrogens with zero attached hydrogens (tertiary/aromatic N) is 1. The molecule has 164 valence electrons. The van der Waals surface area contributed by atoms with Crippen LogP contribution in [0.2, 0.25) is 0 Å². The second-order valence-corrected chi connectivity index (χ2v) is 8.55. The molecule has 0 unspecified atom stereocenters. The van der Waals surface area contributed by atoms with Gasteiger partial charge in [0.15, 0.2) is 0 Å². The normalized spacial score (nSPS) is 25.6. The fraction of sp³-hybridized carbons (Fsp3) is 0.320. The summed E-state index contributed by atoms with van der Waals surface area (Å²) in [5.41, 5.74) is 2.47. The van der Waals surface area contributed by atoms with Gasteiger partial charge in [0, 0.05) is 11.6 Å². The maximum Gasteiger partial charge on any atom is 0.255 e. The molecule has 7 nitrogen and oxygen atoms in total. The molecule has 2 fully saturated rings. The zero-order valence-electron chi connectivity index (χ0n) is 18.1. The molecule has 4 atom stereocenters. The lowest BCUT2D eigenvalue weighted by Crippen LogP contribution is -2.33. The molecule has 0 aromatic heterocycles. The van der Waals surface area contributed by atoms with Gasteiger partial charge in [-0.1, -0.05) is 17.7 Å². The van der Waals surface area contributed by atoms with Crippen LogP contribution in [0.3, 0.4) is 0 Å². The zero-order valence-corrected chi connectivity index (χ0v) is 18.1. The highest BCUT2D eigenvalue weighted by Crippen LogP contribution is 2.55. The molecular weight excluding hydrogens is 408 g/mol. The highest BCUT2D eigenvalue weighted by molar-refractivity contribution is 6.23. The first-order valence-electron chi connectivity index (χ1n) is 10.6. The summed E-state index contributed by atoms with van der Waals surface area (Å²) in [4.78, 5) is 40.6. The standard InChI is InChI=1S/C25H24N2O5/c1-13-9-15-11-18(13)22-21(15)24(29)27(25(22)30)16-6-4-5-14(10-16)23(28)26-19-8-7-17(31-2)12-20(19)32-3/h4-10,12,15,18,21-22H,11H2,1-3H3,(H,26,28)/t15-,18+,21-,22+/m0/s1. The second-order valence-electron chi connectivity index (χ2n) is 8.55. The van der Waals surface area contributed by atoms with Crippen LogP contribution in [-0.2, 0) is 9.59 Å². The van der Waals surface area contributed by atoms with Crippen molar-refractivity contribution in [2.75, 3.05) is 24.4 Å². The number of methoxy groups -OCH3 is 2. The number of imide groups is 1. The van der Waals surface area contributed by atoms with Crippen LogP contribution in [0.5, 0.6) is 11.5 Å².